The smallest absolute Gasteiger partial charge is 0.341 e. The molecule has 0 fully saturated rings. The number of rotatable bonds is 6. The SMILES string of the molecule is COC(=O)c1ccccc1O.O=C(O)CC(O)(CC(=O)O)C(=O)O. The number of carbonyl (C=O) groups excluding carboxylic acids is 1. The van der Waals surface area contributed by atoms with Crippen LogP contribution in [0.3, 0.4) is 0 Å². The van der Waals surface area contributed by atoms with Crippen molar-refractivity contribution in [2.75, 3.05) is 7.11 Å². The highest BCUT2D eigenvalue weighted by Gasteiger charge is 2.40. The van der Waals surface area contributed by atoms with Crippen LogP contribution in [0.2, 0.25) is 0 Å². The summed E-state index contributed by atoms with van der Waals surface area (Å²) in [7, 11) is 1.27. The maximum Gasteiger partial charge on any atom is 0.341 e. The number of carbonyl (C=O) groups is 4. The minimum absolute atomic E-state index is 0.0562. The fourth-order valence-electron chi connectivity index (χ4n) is 1.47. The summed E-state index contributed by atoms with van der Waals surface area (Å²) in [5.41, 5.74) is -2.55. The van der Waals surface area contributed by atoms with Crippen molar-refractivity contribution in [1.82, 2.24) is 0 Å². The first-order chi connectivity index (χ1) is 11.0. The molecular formula is C14H16O10. The molecule has 0 atom stereocenters. The zero-order valence-electron chi connectivity index (χ0n) is 12.5. The van der Waals surface area contributed by atoms with Crippen molar-refractivity contribution in [3.05, 3.63) is 29.8 Å². The van der Waals surface area contributed by atoms with Crippen LogP contribution in [0.15, 0.2) is 24.3 Å². The quantitative estimate of drug-likeness (QED) is 0.438. The highest BCUT2D eigenvalue weighted by Crippen LogP contribution is 2.16. The normalized spacial score (nSPS) is 10.1. The molecule has 0 saturated heterocycles. The molecule has 24 heavy (non-hydrogen) atoms. The number of ether oxygens (including phenoxy) is 1. The summed E-state index contributed by atoms with van der Waals surface area (Å²) in [6.45, 7) is 0. The molecule has 0 amide bonds. The molecule has 1 aromatic carbocycles. The van der Waals surface area contributed by atoms with Crippen LogP contribution in [0.25, 0.3) is 0 Å². The van der Waals surface area contributed by atoms with Gasteiger partial charge in [-0.25, -0.2) is 9.59 Å². The van der Waals surface area contributed by atoms with Gasteiger partial charge in [0.05, 0.1) is 20.0 Å². The summed E-state index contributed by atoms with van der Waals surface area (Å²) >= 11 is 0. The Balaban J connectivity index is 0.000000446. The van der Waals surface area contributed by atoms with Gasteiger partial charge in [0.15, 0.2) is 5.60 Å². The largest absolute Gasteiger partial charge is 0.507 e. The fraction of sp³-hybridized carbons (Fsp3) is 0.286. The lowest BCUT2D eigenvalue weighted by molar-refractivity contribution is -0.170. The van der Waals surface area contributed by atoms with Crippen molar-refractivity contribution in [2.24, 2.45) is 0 Å². The Morgan fingerprint density at radius 1 is 1.00 bits per heavy atom. The molecule has 0 spiro atoms. The van der Waals surface area contributed by atoms with Crippen LogP contribution in [0.1, 0.15) is 23.2 Å². The number of aliphatic carboxylic acids is 3. The number of hydrogen-bond donors (Lipinski definition) is 5. The van der Waals surface area contributed by atoms with Gasteiger partial charge >= 0.3 is 23.9 Å². The number of phenolic OH excluding ortho intramolecular Hbond substituents is 1. The first-order valence-corrected chi connectivity index (χ1v) is 6.29. The maximum absolute atomic E-state index is 10.9. The van der Waals surface area contributed by atoms with E-state index in [2.05, 4.69) is 4.74 Å². The first-order valence-electron chi connectivity index (χ1n) is 6.29. The number of carboxylic acids is 3. The number of methoxy groups -OCH3 is 1. The fourth-order valence-corrected chi connectivity index (χ4v) is 1.47. The predicted molar refractivity (Wildman–Crippen MR) is 76.5 cm³/mol. The highest BCUT2D eigenvalue weighted by atomic mass is 16.5. The molecular weight excluding hydrogens is 328 g/mol. The van der Waals surface area contributed by atoms with Crippen LogP contribution in [0.5, 0.6) is 5.75 Å². The summed E-state index contributed by atoms with van der Waals surface area (Å²) in [6.07, 6.45) is -2.29. The molecule has 0 aromatic heterocycles. The summed E-state index contributed by atoms with van der Waals surface area (Å²) in [5, 5.41) is 42.9. The van der Waals surface area contributed by atoms with E-state index in [1.165, 1.54) is 19.2 Å². The van der Waals surface area contributed by atoms with E-state index in [1.807, 2.05) is 0 Å². The van der Waals surface area contributed by atoms with Crippen LogP contribution in [-0.4, -0.2) is 62.1 Å². The summed E-state index contributed by atoms with van der Waals surface area (Å²) in [4.78, 5) is 41.3. The summed E-state index contributed by atoms with van der Waals surface area (Å²) in [5.74, 6) is -5.60. The molecule has 5 N–H and O–H groups in total. The lowest BCUT2D eigenvalue weighted by atomic mass is 9.96. The predicted octanol–water partition coefficient (Wildman–Crippen LogP) is -0.0697. The molecule has 0 heterocycles. The van der Waals surface area contributed by atoms with Crippen LogP contribution in [0, 0.1) is 0 Å². The monoisotopic (exact) mass is 344 g/mol. The summed E-state index contributed by atoms with van der Waals surface area (Å²) in [6, 6.07) is 6.24. The van der Waals surface area contributed by atoms with E-state index in [4.69, 9.17) is 25.5 Å². The van der Waals surface area contributed by atoms with Crippen molar-refractivity contribution >= 4 is 23.9 Å². The Hall–Kier alpha value is -3.14. The molecule has 132 valence electrons. The van der Waals surface area contributed by atoms with Gasteiger partial charge in [0.25, 0.3) is 0 Å². The number of phenols is 1. The molecule has 0 aliphatic rings. The number of aliphatic hydroxyl groups is 1. The van der Waals surface area contributed by atoms with Crippen LogP contribution < -0.4 is 0 Å². The van der Waals surface area contributed by atoms with Crippen molar-refractivity contribution in [3.8, 4) is 5.75 Å². The van der Waals surface area contributed by atoms with Gasteiger partial charge in [-0.3, -0.25) is 9.59 Å². The molecule has 0 radical (unpaired) electrons. The van der Waals surface area contributed by atoms with Crippen molar-refractivity contribution in [2.45, 2.75) is 18.4 Å². The van der Waals surface area contributed by atoms with Crippen LogP contribution in [0.4, 0.5) is 0 Å². The van der Waals surface area contributed by atoms with Crippen molar-refractivity contribution in [3.63, 3.8) is 0 Å². The Morgan fingerprint density at radius 2 is 1.46 bits per heavy atom. The van der Waals surface area contributed by atoms with E-state index >= 15 is 0 Å². The van der Waals surface area contributed by atoms with Crippen LogP contribution in [-0.2, 0) is 19.1 Å². The van der Waals surface area contributed by atoms with Gasteiger partial charge in [-0.2, -0.15) is 0 Å². The standard InChI is InChI=1S/C8H8O3.C6H8O7/c1-11-8(10)6-4-2-3-5-7(6)9;7-3(8)1-6(13,5(11)12)2-4(9)10/h2-5,9H,1H3;13H,1-2H2,(H,7,8)(H,9,10)(H,11,12). The van der Waals surface area contributed by atoms with Gasteiger partial charge in [-0.05, 0) is 12.1 Å². The summed E-state index contributed by atoms with van der Waals surface area (Å²) < 4.78 is 4.42. The van der Waals surface area contributed by atoms with Gasteiger partial charge in [0.1, 0.15) is 11.3 Å². The third-order valence-electron chi connectivity index (χ3n) is 2.59. The zero-order valence-corrected chi connectivity index (χ0v) is 12.5. The van der Waals surface area contributed by atoms with E-state index in [0.29, 0.717) is 0 Å². The highest BCUT2D eigenvalue weighted by molar-refractivity contribution is 5.92. The van der Waals surface area contributed by atoms with Gasteiger partial charge < -0.3 is 30.3 Å². The third kappa shape index (κ3) is 6.75. The molecule has 1 aromatic rings. The number of para-hydroxylation sites is 1. The molecule has 10 nitrogen and oxygen atoms in total. The maximum atomic E-state index is 10.9. The molecule has 10 heteroatoms. The average Bonchev–Trinajstić information content (AvgIpc) is 2.45. The second-order valence-electron chi connectivity index (χ2n) is 4.49. The van der Waals surface area contributed by atoms with E-state index in [0.717, 1.165) is 0 Å². The minimum Gasteiger partial charge on any atom is -0.507 e. The third-order valence-corrected chi connectivity index (χ3v) is 2.59. The first kappa shape index (κ1) is 20.9. The van der Waals surface area contributed by atoms with Gasteiger partial charge in [0.2, 0.25) is 0 Å². The Bertz CT molecular complexity index is 606. The van der Waals surface area contributed by atoms with Gasteiger partial charge in [-0.15, -0.1) is 0 Å². The minimum atomic E-state index is -2.74. The molecule has 0 aliphatic heterocycles. The number of aromatic hydroxyl groups is 1. The van der Waals surface area contributed by atoms with E-state index in [1.54, 1.807) is 12.1 Å². The molecule has 0 unspecified atom stereocenters. The molecule has 1 rings (SSSR count). The average molecular weight is 344 g/mol. The van der Waals surface area contributed by atoms with E-state index in [9.17, 15) is 19.2 Å². The number of carboxylic acid groups (broad SMARTS) is 3. The second-order valence-corrected chi connectivity index (χ2v) is 4.49. The van der Waals surface area contributed by atoms with Gasteiger partial charge in [-0.1, -0.05) is 12.1 Å². The Morgan fingerprint density at radius 3 is 1.79 bits per heavy atom. The molecule has 0 aliphatic carbocycles. The topological polar surface area (TPSA) is 179 Å². The van der Waals surface area contributed by atoms with E-state index < -0.39 is 42.3 Å². The number of benzene rings is 1. The van der Waals surface area contributed by atoms with Gasteiger partial charge in [0, 0.05) is 0 Å². The Kier molecular flexibility index (Phi) is 7.91. The molecule has 0 bridgehead atoms. The van der Waals surface area contributed by atoms with E-state index in [-0.39, 0.29) is 11.3 Å². The molecule has 0 saturated carbocycles. The Labute approximate surface area is 135 Å². The van der Waals surface area contributed by atoms with Crippen LogP contribution >= 0.6 is 0 Å². The second kappa shape index (κ2) is 9.10. The number of esters is 1. The zero-order chi connectivity index (χ0) is 18.9. The lowest BCUT2D eigenvalue weighted by Gasteiger charge is -2.18. The number of hydrogen-bond acceptors (Lipinski definition) is 7. The van der Waals surface area contributed by atoms with Crippen molar-refractivity contribution < 1.29 is 49.4 Å². The van der Waals surface area contributed by atoms with Crippen molar-refractivity contribution in [1.29, 1.82) is 0 Å². The lowest BCUT2D eigenvalue weighted by Crippen LogP contribution is -2.42.